The first-order valence-electron chi connectivity index (χ1n) is 9.09. The van der Waals surface area contributed by atoms with Crippen molar-refractivity contribution in [2.75, 3.05) is 6.79 Å². The maximum absolute atomic E-state index is 12.8. The van der Waals surface area contributed by atoms with Crippen LogP contribution in [0.3, 0.4) is 0 Å². The third kappa shape index (κ3) is 2.51. The van der Waals surface area contributed by atoms with Gasteiger partial charge < -0.3 is 19.8 Å². The van der Waals surface area contributed by atoms with Crippen LogP contribution in [0.15, 0.2) is 36.4 Å². The summed E-state index contributed by atoms with van der Waals surface area (Å²) in [5.41, 5.74) is 5.33. The Morgan fingerprint density at radius 2 is 1.96 bits per heavy atom. The minimum absolute atomic E-state index is 0.0631. The smallest absolute Gasteiger partial charge is 0.253 e. The van der Waals surface area contributed by atoms with Crippen molar-refractivity contribution in [1.82, 2.24) is 10.3 Å². The summed E-state index contributed by atoms with van der Waals surface area (Å²) >= 11 is 0. The van der Waals surface area contributed by atoms with Crippen LogP contribution < -0.4 is 14.8 Å². The minimum atomic E-state index is -0.0631. The number of fused-ring (bicyclic) bond motifs is 4. The number of ether oxygens (including phenoxy) is 2. The number of hydrogen-bond donors (Lipinski definition) is 2. The third-order valence-electron chi connectivity index (χ3n) is 5.27. The van der Waals surface area contributed by atoms with Crippen molar-refractivity contribution in [2.45, 2.75) is 32.2 Å². The van der Waals surface area contributed by atoms with E-state index in [1.165, 1.54) is 29.5 Å². The molecule has 0 fully saturated rings. The van der Waals surface area contributed by atoms with E-state index in [-0.39, 0.29) is 12.7 Å². The summed E-state index contributed by atoms with van der Waals surface area (Å²) in [5, 5.41) is 4.21. The van der Waals surface area contributed by atoms with Crippen LogP contribution in [0.25, 0.3) is 10.9 Å². The van der Waals surface area contributed by atoms with Gasteiger partial charge in [-0.3, -0.25) is 4.79 Å². The van der Waals surface area contributed by atoms with Crippen LogP contribution in [0.4, 0.5) is 0 Å². The summed E-state index contributed by atoms with van der Waals surface area (Å²) in [4.78, 5) is 16.3. The fraction of sp³-hybridized carbons (Fsp3) is 0.286. The second-order valence-electron chi connectivity index (χ2n) is 6.89. The molecule has 5 nitrogen and oxygen atoms in total. The Balaban J connectivity index is 1.39. The van der Waals surface area contributed by atoms with Gasteiger partial charge in [-0.05, 0) is 55.0 Å². The number of amides is 1. The van der Waals surface area contributed by atoms with Gasteiger partial charge >= 0.3 is 0 Å². The van der Waals surface area contributed by atoms with Gasteiger partial charge in [-0.25, -0.2) is 0 Å². The lowest BCUT2D eigenvalue weighted by Crippen LogP contribution is -2.23. The fourth-order valence-corrected chi connectivity index (χ4v) is 3.95. The van der Waals surface area contributed by atoms with Gasteiger partial charge in [0.15, 0.2) is 11.5 Å². The lowest BCUT2D eigenvalue weighted by Gasteiger charge is -2.10. The van der Waals surface area contributed by atoms with E-state index in [0.29, 0.717) is 12.1 Å². The Hall–Kier alpha value is -2.95. The molecule has 0 spiro atoms. The van der Waals surface area contributed by atoms with Crippen LogP contribution in [0.1, 0.15) is 40.0 Å². The molecule has 2 heterocycles. The predicted molar refractivity (Wildman–Crippen MR) is 98.7 cm³/mol. The zero-order valence-electron chi connectivity index (χ0n) is 14.4. The maximum Gasteiger partial charge on any atom is 0.253 e. The number of carbonyl (C=O) groups excluding carboxylic acids is 1. The van der Waals surface area contributed by atoms with Crippen LogP contribution in [-0.4, -0.2) is 17.7 Å². The summed E-state index contributed by atoms with van der Waals surface area (Å²) in [5.74, 6) is 1.42. The SMILES string of the molecule is O=C(NCc1ccc2c(c1)OCO2)c1cccc2c3c([nH]c12)CCCC3. The van der Waals surface area contributed by atoms with Crippen LogP contribution in [0, 0.1) is 0 Å². The lowest BCUT2D eigenvalue weighted by atomic mass is 9.95. The largest absolute Gasteiger partial charge is 0.454 e. The molecular formula is C21H20N2O3. The third-order valence-corrected chi connectivity index (χ3v) is 5.27. The Kier molecular flexibility index (Phi) is 3.59. The monoisotopic (exact) mass is 348 g/mol. The molecule has 5 rings (SSSR count). The number of para-hydroxylation sites is 1. The molecule has 5 heteroatoms. The normalized spacial score (nSPS) is 15.1. The van der Waals surface area contributed by atoms with Gasteiger partial charge in [0.05, 0.1) is 11.1 Å². The molecule has 1 aliphatic heterocycles. The molecule has 0 radical (unpaired) electrons. The second kappa shape index (κ2) is 6.09. The Labute approximate surface area is 151 Å². The molecule has 2 N–H and O–H groups in total. The Bertz CT molecular complexity index is 1010. The van der Waals surface area contributed by atoms with E-state index in [2.05, 4.69) is 16.4 Å². The van der Waals surface area contributed by atoms with Gasteiger partial charge in [-0.2, -0.15) is 0 Å². The van der Waals surface area contributed by atoms with E-state index in [0.717, 1.165) is 35.4 Å². The number of rotatable bonds is 3. The van der Waals surface area contributed by atoms with Crippen molar-refractivity contribution < 1.29 is 14.3 Å². The number of aromatic amines is 1. The molecule has 0 unspecified atom stereocenters. The number of nitrogens with one attached hydrogen (secondary N) is 2. The maximum atomic E-state index is 12.8. The van der Waals surface area contributed by atoms with Crippen molar-refractivity contribution in [3.05, 3.63) is 58.8 Å². The standard InChI is InChI=1S/C21H20N2O3/c24-21(22-11-13-8-9-18-19(10-13)26-12-25-18)16-6-3-5-15-14-4-1-2-7-17(14)23-20(15)16/h3,5-6,8-10,23H,1-2,4,7,11-12H2,(H,22,24). The molecule has 2 aromatic carbocycles. The quantitative estimate of drug-likeness (QED) is 0.758. The van der Waals surface area contributed by atoms with Gasteiger partial charge in [0.1, 0.15) is 0 Å². The molecular weight excluding hydrogens is 328 g/mol. The van der Waals surface area contributed by atoms with Gasteiger partial charge in [-0.15, -0.1) is 0 Å². The molecule has 26 heavy (non-hydrogen) atoms. The van der Waals surface area contributed by atoms with Crippen molar-refractivity contribution in [3.63, 3.8) is 0 Å². The predicted octanol–water partition coefficient (Wildman–Crippen LogP) is 3.71. The number of aryl methyl sites for hydroxylation is 2. The highest BCUT2D eigenvalue weighted by molar-refractivity contribution is 6.06. The van der Waals surface area contributed by atoms with Crippen molar-refractivity contribution in [2.24, 2.45) is 0 Å². The summed E-state index contributed by atoms with van der Waals surface area (Å²) in [6, 6.07) is 11.7. The van der Waals surface area contributed by atoms with Crippen LogP contribution in [0.2, 0.25) is 0 Å². The number of aromatic nitrogens is 1. The van der Waals surface area contributed by atoms with Crippen molar-refractivity contribution in [1.29, 1.82) is 0 Å². The van der Waals surface area contributed by atoms with Crippen LogP contribution >= 0.6 is 0 Å². The summed E-state index contributed by atoms with van der Waals surface area (Å²) in [6.45, 7) is 0.705. The first-order chi connectivity index (χ1) is 12.8. The Morgan fingerprint density at radius 1 is 1.08 bits per heavy atom. The van der Waals surface area contributed by atoms with Crippen LogP contribution in [0.5, 0.6) is 11.5 Å². The molecule has 1 aliphatic carbocycles. The van der Waals surface area contributed by atoms with E-state index in [9.17, 15) is 4.79 Å². The molecule has 3 aromatic rings. The van der Waals surface area contributed by atoms with Crippen LogP contribution in [-0.2, 0) is 19.4 Å². The molecule has 0 atom stereocenters. The minimum Gasteiger partial charge on any atom is -0.454 e. The second-order valence-corrected chi connectivity index (χ2v) is 6.89. The molecule has 1 amide bonds. The molecule has 132 valence electrons. The van der Waals surface area contributed by atoms with Gasteiger partial charge in [0.25, 0.3) is 5.91 Å². The van der Waals surface area contributed by atoms with E-state index in [4.69, 9.17) is 9.47 Å². The number of carbonyl (C=O) groups is 1. The summed E-state index contributed by atoms with van der Waals surface area (Å²) < 4.78 is 10.7. The summed E-state index contributed by atoms with van der Waals surface area (Å²) in [6.07, 6.45) is 4.60. The molecule has 1 aromatic heterocycles. The topological polar surface area (TPSA) is 63.4 Å². The molecule has 0 saturated carbocycles. The van der Waals surface area contributed by atoms with Crippen molar-refractivity contribution >= 4 is 16.8 Å². The zero-order valence-corrected chi connectivity index (χ0v) is 14.4. The number of hydrogen-bond acceptors (Lipinski definition) is 3. The number of benzene rings is 2. The first-order valence-corrected chi connectivity index (χ1v) is 9.09. The Morgan fingerprint density at radius 3 is 2.92 bits per heavy atom. The van der Waals surface area contributed by atoms with E-state index >= 15 is 0 Å². The number of H-pyrrole nitrogens is 1. The fourth-order valence-electron chi connectivity index (χ4n) is 3.95. The average Bonchev–Trinajstić information content (AvgIpc) is 3.29. The van der Waals surface area contributed by atoms with Gasteiger partial charge in [-0.1, -0.05) is 18.2 Å². The first kappa shape index (κ1) is 15.3. The molecule has 2 aliphatic rings. The lowest BCUT2D eigenvalue weighted by molar-refractivity contribution is 0.0952. The van der Waals surface area contributed by atoms with Gasteiger partial charge in [0, 0.05) is 17.6 Å². The highest BCUT2D eigenvalue weighted by Gasteiger charge is 2.19. The molecule has 0 saturated heterocycles. The summed E-state index contributed by atoms with van der Waals surface area (Å²) in [7, 11) is 0. The van der Waals surface area contributed by atoms with E-state index in [1.54, 1.807) is 0 Å². The van der Waals surface area contributed by atoms with Crippen molar-refractivity contribution in [3.8, 4) is 11.5 Å². The molecule has 0 bridgehead atoms. The van der Waals surface area contributed by atoms with E-state index in [1.807, 2.05) is 30.3 Å². The average molecular weight is 348 g/mol. The highest BCUT2D eigenvalue weighted by Crippen LogP contribution is 2.33. The van der Waals surface area contributed by atoms with Gasteiger partial charge in [0.2, 0.25) is 6.79 Å². The van der Waals surface area contributed by atoms with E-state index < -0.39 is 0 Å². The highest BCUT2D eigenvalue weighted by atomic mass is 16.7. The zero-order chi connectivity index (χ0) is 17.5.